The quantitative estimate of drug-likeness (QED) is 0.164. The van der Waals surface area contributed by atoms with Crippen molar-refractivity contribution in [3.05, 3.63) is 35.4 Å². The molecule has 0 aromatic heterocycles. The van der Waals surface area contributed by atoms with Gasteiger partial charge in [-0.1, -0.05) is 17.7 Å². The lowest BCUT2D eigenvalue weighted by Gasteiger charge is -2.46. The van der Waals surface area contributed by atoms with E-state index in [9.17, 15) is 39.9 Å². The first-order valence-electron chi connectivity index (χ1n) is 9.05. The molecule has 1 unspecified atom stereocenters. The van der Waals surface area contributed by atoms with Crippen molar-refractivity contribution in [1.82, 2.24) is 5.32 Å². The van der Waals surface area contributed by atoms with Crippen LogP contribution >= 0.6 is 11.8 Å². The third kappa shape index (κ3) is 5.43. The van der Waals surface area contributed by atoms with Crippen molar-refractivity contribution in [2.24, 2.45) is 0 Å². The predicted molar refractivity (Wildman–Crippen MR) is 105 cm³/mol. The van der Waals surface area contributed by atoms with Crippen molar-refractivity contribution in [2.75, 3.05) is 5.75 Å². The molecule has 32 heavy (non-hydrogen) atoms. The Morgan fingerprint density at radius 2 is 1.72 bits per heavy atom. The summed E-state index contributed by atoms with van der Waals surface area (Å²) in [7, 11) is 0. The van der Waals surface area contributed by atoms with E-state index in [4.69, 9.17) is 20.1 Å². The molecule has 2 rings (SSSR count). The molecule has 0 bridgehead atoms. The molecule has 1 heterocycles. The molecule has 9 N–H and O–H groups in total. The lowest BCUT2D eigenvalue weighted by molar-refractivity contribution is -0.324. The Balaban J connectivity index is 2.22. The van der Waals surface area contributed by atoms with Gasteiger partial charge in [0.1, 0.15) is 23.7 Å². The Labute approximate surface area is 184 Å². The topological polar surface area (TPSA) is 234 Å². The number of rotatable bonds is 8. The summed E-state index contributed by atoms with van der Waals surface area (Å²) in [5.41, 5.74) is -4.47. The Bertz CT molecular complexity index is 857. The third-order valence-corrected chi connectivity index (χ3v) is 5.99. The van der Waals surface area contributed by atoms with Crippen LogP contribution in [-0.2, 0) is 14.3 Å². The maximum absolute atomic E-state index is 12.3. The van der Waals surface area contributed by atoms with Crippen molar-refractivity contribution in [1.29, 1.82) is 0 Å². The average Bonchev–Trinajstić information content (AvgIpc) is 2.71. The molecule has 13 nitrogen and oxygen atoms in total. The van der Waals surface area contributed by atoms with Crippen LogP contribution in [0.15, 0.2) is 24.3 Å². The van der Waals surface area contributed by atoms with Gasteiger partial charge >= 0.3 is 11.9 Å². The summed E-state index contributed by atoms with van der Waals surface area (Å²) >= 11 is 0.281. The fourth-order valence-electron chi connectivity index (χ4n) is 2.85. The summed E-state index contributed by atoms with van der Waals surface area (Å²) in [5, 5.41) is 79.1. The minimum Gasteiger partial charge on any atom is -0.480 e. The maximum atomic E-state index is 12.3. The number of thioether (sulfide) groups is 1. The summed E-state index contributed by atoms with van der Waals surface area (Å²) < 4.78 is 4.83. The van der Waals surface area contributed by atoms with Gasteiger partial charge in [0, 0.05) is 11.3 Å². The number of amides is 1. The number of carbonyl (C=O) groups excluding carboxylic acids is 2. The molecule has 178 valence electrons. The third-order valence-electron chi connectivity index (χ3n) is 4.69. The molecule has 0 spiro atoms. The standard InChI is InChI=1S/C18H23NO12S/c1-7-2-4-8(5-3-7)12(22)19-9(13(23)24)6-32-16-17(27,15(26)18(28,29)30)11(21)10(20)14(25)31-16/h2-5,9-11,14,16,20-21,25,27-30H,6H2,1H3,(H,19,22)(H,23,24)/t9-,10-,11-,14+,16?,17-/m0/s1. The fraction of sp³-hybridized carbons (Fsp3) is 0.500. The second kappa shape index (κ2) is 9.78. The monoisotopic (exact) mass is 477 g/mol. The molecular weight excluding hydrogens is 454 g/mol. The number of Topliss-reactive ketones (excluding diaryl/α,β-unsaturated/α-hetero) is 1. The number of carboxylic acid groups (broad SMARTS) is 1. The smallest absolute Gasteiger partial charge is 0.342 e. The van der Waals surface area contributed by atoms with E-state index >= 15 is 0 Å². The average molecular weight is 477 g/mol. The predicted octanol–water partition coefficient (Wildman–Crippen LogP) is -3.76. The molecule has 1 amide bonds. The number of ketones is 1. The van der Waals surface area contributed by atoms with E-state index < -0.39 is 65.0 Å². The molecule has 0 aliphatic carbocycles. The number of benzene rings is 1. The molecule has 14 heteroatoms. The molecule has 0 radical (unpaired) electrons. The van der Waals surface area contributed by atoms with E-state index in [2.05, 4.69) is 5.32 Å². The van der Waals surface area contributed by atoms with Gasteiger partial charge in [0.05, 0.1) is 0 Å². The van der Waals surface area contributed by atoms with E-state index in [0.717, 1.165) is 5.56 Å². The normalized spacial score (nSPS) is 29.2. The zero-order chi connectivity index (χ0) is 24.4. The highest BCUT2D eigenvalue weighted by atomic mass is 32.2. The minimum absolute atomic E-state index is 0.145. The van der Waals surface area contributed by atoms with E-state index in [1.807, 2.05) is 0 Å². The van der Waals surface area contributed by atoms with Crippen LogP contribution in [0.3, 0.4) is 0 Å². The first-order valence-corrected chi connectivity index (χ1v) is 10.1. The minimum atomic E-state index is -4.16. The van der Waals surface area contributed by atoms with Crippen molar-refractivity contribution in [2.45, 2.75) is 48.5 Å². The molecule has 1 fully saturated rings. The van der Waals surface area contributed by atoms with Gasteiger partial charge in [-0.05, 0) is 19.1 Å². The Hall–Kier alpha value is -2.14. The molecule has 6 atom stereocenters. The van der Waals surface area contributed by atoms with Crippen LogP contribution in [0.2, 0.25) is 0 Å². The number of hydrogen-bond donors (Lipinski definition) is 9. The zero-order valence-electron chi connectivity index (χ0n) is 16.5. The van der Waals surface area contributed by atoms with Crippen LogP contribution in [0.4, 0.5) is 0 Å². The van der Waals surface area contributed by atoms with Gasteiger partial charge in [-0.2, -0.15) is 0 Å². The van der Waals surface area contributed by atoms with E-state index in [-0.39, 0.29) is 17.3 Å². The highest BCUT2D eigenvalue weighted by Crippen LogP contribution is 2.38. The summed E-state index contributed by atoms with van der Waals surface area (Å²) in [6.45, 7) is 1.78. The summed E-state index contributed by atoms with van der Waals surface area (Å²) in [4.78, 5) is 36.0. The van der Waals surface area contributed by atoms with E-state index in [0.29, 0.717) is 0 Å². The maximum Gasteiger partial charge on any atom is 0.342 e. The highest BCUT2D eigenvalue weighted by molar-refractivity contribution is 7.99. The van der Waals surface area contributed by atoms with Gasteiger partial charge in [0.25, 0.3) is 11.7 Å². The number of aryl methyl sites for hydroxylation is 1. The lowest BCUT2D eigenvalue weighted by atomic mass is 9.85. The summed E-state index contributed by atoms with van der Waals surface area (Å²) in [6, 6.07) is 4.53. The second-order valence-electron chi connectivity index (χ2n) is 7.15. The fourth-order valence-corrected chi connectivity index (χ4v) is 4.13. The molecule has 1 aliphatic rings. The Morgan fingerprint density at radius 1 is 1.16 bits per heavy atom. The summed E-state index contributed by atoms with van der Waals surface area (Å²) in [6.07, 6.45) is -7.02. The van der Waals surface area contributed by atoms with Gasteiger partial charge in [-0.25, -0.2) is 4.79 Å². The molecule has 0 saturated carbocycles. The molecule has 1 aromatic rings. The van der Waals surface area contributed by atoms with Gasteiger partial charge in [0.2, 0.25) is 0 Å². The number of carboxylic acids is 1. The Kier molecular flexibility index (Phi) is 7.98. The number of hydrogen-bond acceptors (Lipinski definition) is 12. The Morgan fingerprint density at radius 3 is 2.22 bits per heavy atom. The number of aliphatic hydroxyl groups excluding tert-OH is 3. The number of ether oxygens (including phenoxy) is 1. The van der Waals surface area contributed by atoms with Crippen molar-refractivity contribution in [3.8, 4) is 0 Å². The molecule has 1 aromatic carbocycles. The van der Waals surface area contributed by atoms with Crippen LogP contribution < -0.4 is 5.32 Å². The van der Waals surface area contributed by atoms with Crippen molar-refractivity contribution >= 4 is 29.4 Å². The number of aliphatic carboxylic acids is 1. The van der Waals surface area contributed by atoms with Gasteiger partial charge in [0.15, 0.2) is 11.9 Å². The van der Waals surface area contributed by atoms with Gasteiger partial charge < -0.3 is 50.9 Å². The second-order valence-corrected chi connectivity index (χ2v) is 8.24. The van der Waals surface area contributed by atoms with Gasteiger partial charge in [-0.15, -0.1) is 11.8 Å². The number of carbonyl (C=O) groups is 3. The van der Waals surface area contributed by atoms with Gasteiger partial charge in [-0.3, -0.25) is 9.59 Å². The van der Waals surface area contributed by atoms with E-state index in [1.165, 1.54) is 12.1 Å². The SMILES string of the molecule is Cc1ccc(C(=O)N[C@@H](CSC2O[C@@H](O)[C@@H](O)[C@H](O)[C@]2(O)C(=O)C(O)(O)O)C(=O)O)cc1. The molecular formula is C18H23NO12S. The van der Waals surface area contributed by atoms with E-state index in [1.54, 1.807) is 19.1 Å². The first-order chi connectivity index (χ1) is 14.7. The van der Waals surface area contributed by atoms with Crippen molar-refractivity contribution in [3.63, 3.8) is 0 Å². The molecule has 1 saturated heterocycles. The first kappa shape index (κ1) is 26.1. The van der Waals surface area contributed by atoms with Crippen LogP contribution in [0.25, 0.3) is 0 Å². The van der Waals surface area contributed by atoms with Crippen LogP contribution in [0.1, 0.15) is 15.9 Å². The summed E-state index contributed by atoms with van der Waals surface area (Å²) in [5.74, 6) is -9.25. The largest absolute Gasteiger partial charge is 0.480 e. The number of aliphatic hydroxyl groups is 7. The van der Waals surface area contributed by atoms with Crippen LogP contribution in [0.5, 0.6) is 0 Å². The van der Waals surface area contributed by atoms with Crippen LogP contribution in [-0.4, -0.2) is 106 Å². The number of nitrogens with one attached hydrogen (secondary N) is 1. The van der Waals surface area contributed by atoms with Crippen LogP contribution in [0, 0.1) is 6.92 Å². The lowest BCUT2D eigenvalue weighted by Crippen LogP contribution is -2.72. The zero-order valence-corrected chi connectivity index (χ0v) is 17.3. The molecule has 1 aliphatic heterocycles. The highest BCUT2D eigenvalue weighted by Gasteiger charge is 2.63. The van der Waals surface area contributed by atoms with Crippen molar-refractivity contribution < 1.29 is 60.0 Å².